The minimum absolute atomic E-state index is 0.00546. The molecule has 1 aliphatic heterocycles. The molecule has 4 atom stereocenters. The summed E-state index contributed by atoms with van der Waals surface area (Å²) in [6.07, 6.45) is -2.66. The van der Waals surface area contributed by atoms with Gasteiger partial charge in [0.25, 0.3) is 0 Å². The molecule has 0 aromatic heterocycles. The smallest absolute Gasteiger partial charge is 0.337 e. The Morgan fingerprint density at radius 3 is 2.36 bits per heavy atom. The molecule has 1 aliphatic rings. The van der Waals surface area contributed by atoms with Crippen molar-refractivity contribution in [3.05, 3.63) is 11.6 Å². The fourth-order valence-electron chi connectivity index (χ4n) is 1.34. The molecule has 1 rings (SSSR count). The summed E-state index contributed by atoms with van der Waals surface area (Å²) in [5, 5.41) is 27.7. The van der Waals surface area contributed by atoms with Crippen molar-refractivity contribution in [1.29, 1.82) is 0 Å². The minimum Gasteiger partial charge on any atom is -0.453 e. The third kappa shape index (κ3) is 2.12. The topological polar surface area (TPSA) is 87.0 Å². The van der Waals surface area contributed by atoms with Crippen LogP contribution in [-0.2, 0) is 9.53 Å². The molecule has 0 radical (unpaired) electrons. The van der Waals surface area contributed by atoms with Gasteiger partial charge in [0.2, 0.25) is 0 Å². The maximum absolute atomic E-state index is 11.2. The first-order valence-electron chi connectivity index (χ1n) is 4.40. The highest BCUT2D eigenvalue weighted by Crippen LogP contribution is 2.23. The quantitative estimate of drug-likeness (QED) is 0.393. The minimum atomic E-state index is -1.17. The standard InChI is InChI=1S/C9H14O5/c1-4(10)3-6-7(12)8(5(2)11)14-9(6)13/h3-5,7-8,10-12H,1-2H3/b6-3-/t4-,5+,7+,8+/m0/s1. The molecule has 14 heavy (non-hydrogen) atoms. The maximum atomic E-state index is 11.2. The van der Waals surface area contributed by atoms with Crippen molar-refractivity contribution in [3.8, 4) is 0 Å². The fourth-order valence-corrected chi connectivity index (χ4v) is 1.34. The predicted octanol–water partition coefficient (Wildman–Crippen LogP) is -1.04. The van der Waals surface area contributed by atoms with E-state index in [1.54, 1.807) is 0 Å². The Labute approximate surface area is 81.6 Å². The van der Waals surface area contributed by atoms with Gasteiger partial charge in [-0.15, -0.1) is 0 Å². The molecule has 5 heteroatoms. The Balaban J connectivity index is 2.85. The summed E-state index contributed by atoms with van der Waals surface area (Å²) < 4.78 is 4.73. The van der Waals surface area contributed by atoms with E-state index in [1.807, 2.05) is 0 Å². The van der Waals surface area contributed by atoms with E-state index in [0.29, 0.717) is 0 Å². The molecule has 0 amide bonds. The fraction of sp³-hybridized carbons (Fsp3) is 0.667. The summed E-state index contributed by atoms with van der Waals surface area (Å²) in [6, 6.07) is 0. The summed E-state index contributed by atoms with van der Waals surface area (Å²) in [4.78, 5) is 11.2. The Hall–Kier alpha value is -0.910. The van der Waals surface area contributed by atoms with Gasteiger partial charge in [-0.3, -0.25) is 0 Å². The monoisotopic (exact) mass is 202 g/mol. The van der Waals surface area contributed by atoms with Gasteiger partial charge in [-0.25, -0.2) is 4.79 Å². The van der Waals surface area contributed by atoms with Gasteiger partial charge in [0, 0.05) is 0 Å². The van der Waals surface area contributed by atoms with Crippen molar-refractivity contribution < 1.29 is 24.9 Å². The summed E-state index contributed by atoms with van der Waals surface area (Å²) in [5.74, 6) is -0.690. The highest BCUT2D eigenvalue weighted by Gasteiger charge is 2.41. The first kappa shape index (κ1) is 11.2. The van der Waals surface area contributed by atoms with Crippen molar-refractivity contribution in [2.45, 2.75) is 38.3 Å². The van der Waals surface area contributed by atoms with Gasteiger partial charge in [-0.1, -0.05) is 0 Å². The van der Waals surface area contributed by atoms with Crippen LogP contribution in [0.1, 0.15) is 13.8 Å². The molecule has 0 unspecified atom stereocenters. The molecule has 3 N–H and O–H groups in total. The SMILES string of the molecule is C[C@H](O)/C=C1\C(=O)O[C@H]([C@@H](C)O)[C@@H]1O. The van der Waals surface area contributed by atoms with Crippen LogP contribution in [0.25, 0.3) is 0 Å². The number of carbonyl (C=O) groups excluding carboxylic acids is 1. The highest BCUT2D eigenvalue weighted by atomic mass is 16.6. The Kier molecular flexibility index (Phi) is 3.25. The average molecular weight is 202 g/mol. The third-order valence-corrected chi connectivity index (χ3v) is 2.00. The normalized spacial score (nSPS) is 34.4. The number of hydrogen-bond donors (Lipinski definition) is 3. The van der Waals surface area contributed by atoms with E-state index in [2.05, 4.69) is 0 Å². The van der Waals surface area contributed by atoms with Crippen LogP contribution < -0.4 is 0 Å². The van der Waals surface area contributed by atoms with Crippen LogP contribution in [-0.4, -0.2) is 45.7 Å². The van der Waals surface area contributed by atoms with Gasteiger partial charge >= 0.3 is 5.97 Å². The first-order chi connectivity index (χ1) is 6.43. The molecule has 0 aromatic carbocycles. The van der Waals surface area contributed by atoms with Crippen molar-refractivity contribution >= 4 is 5.97 Å². The number of esters is 1. The molecular formula is C9H14O5. The van der Waals surface area contributed by atoms with Gasteiger partial charge in [0.05, 0.1) is 17.8 Å². The molecule has 0 bridgehead atoms. The van der Waals surface area contributed by atoms with E-state index in [1.165, 1.54) is 19.9 Å². The molecule has 1 heterocycles. The van der Waals surface area contributed by atoms with Crippen LogP contribution in [0.15, 0.2) is 11.6 Å². The Morgan fingerprint density at radius 2 is 2.00 bits per heavy atom. The zero-order valence-electron chi connectivity index (χ0n) is 8.04. The van der Waals surface area contributed by atoms with Gasteiger partial charge in [0.15, 0.2) is 6.10 Å². The molecule has 0 aliphatic carbocycles. The van der Waals surface area contributed by atoms with Gasteiger partial charge < -0.3 is 20.1 Å². The number of aliphatic hydroxyl groups excluding tert-OH is 3. The Morgan fingerprint density at radius 1 is 1.43 bits per heavy atom. The van der Waals surface area contributed by atoms with Crippen LogP contribution in [0.3, 0.4) is 0 Å². The molecular weight excluding hydrogens is 188 g/mol. The van der Waals surface area contributed by atoms with Gasteiger partial charge in [-0.2, -0.15) is 0 Å². The lowest BCUT2D eigenvalue weighted by Gasteiger charge is -2.15. The molecule has 1 fully saturated rings. The Bertz CT molecular complexity index is 256. The van der Waals surface area contributed by atoms with E-state index < -0.39 is 30.4 Å². The van der Waals surface area contributed by atoms with Crippen LogP contribution >= 0.6 is 0 Å². The number of rotatable bonds is 2. The van der Waals surface area contributed by atoms with Crippen molar-refractivity contribution in [2.24, 2.45) is 0 Å². The largest absolute Gasteiger partial charge is 0.453 e. The van der Waals surface area contributed by atoms with E-state index in [9.17, 15) is 9.90 Å². The van der Waals surface area contributed by atoms with E-state index in [0.717, 1.165) is 0 Å². The van der Waals surface area contributed by atoms with Crippen LogP contribution in [0, 0.1) is 0 Å². The lowest BCUT2D eigenvalue weighted by atomic mass is 10.0. The van der Waals surface area contributed by atoms with Gasteiger partial charge in [-0.05, 0) is 19.9 Å². The number of carbonyl (C=O) groups is 1. The second kappa shape index (κ2) is 4.08. The maximum Gasteiger partial charge on any atom is 0.337 e. The van der Waals surface area contributed by atoms with Crippen molar-refractivity contribution in [1.82, 2.24) is 0 Å². The van der Waals surface area contributed by atoms with Gasteiger partial charge in [0.1, 0.15) is 6.10 Å². The second-order valence-electron chi connectivity index (χ2n) is 3.42. The molecule has 1 saturated heterocycles. The number of ether oxygens (including phenoxy) is 1. The number of cyclic esters (lactones) is 1. The lowest BCUT2D eigenvalue weighted by molar-refractivity contribution is -0.144. The van der Waals surface area contributed by atoms with E-state index >= 15 is 0 Å². The zero-order valence-corrected chi connectivity index (χ0v) is 8.04. The van der Waals surface area contributed by atoms with Crippen molar-refractivity contribution in [2.75, 3.05) is 0 Å². The van der Waals surface area contributed by atoms with E-state index in [-0.39, 0.29) is 5.57 Å². The predicted molar refractivity (Wildman–Crippen MR) is 47.3 cm³/mol. The molecule has 0 aromatic rings. The van der Waals surface area contributed by atoms with Crippen LogP contribution in [0.2, 0.25) is 0 Å². The molecule has 0 spiro atoms. The molecule has 5 nitrogen and oxygen atoms in total. The highest BCUT2D eigenvalue weighted by molar-refractivity contribution is 5.92. The number of aliphatic hydroxyl groups is 3. The average Bonchev–Trinajstić information content (AvgIpc) is 2.31. The first-order valence-corrected chi connectivity index (χ1v) is 4.40. The van der Waals surface area contributed by atoms with Crippen molar-refractivity contribution in [3.63, 3.8) is 0 Å². The summed E-state index contributed by atoms with van der Waals surface area (Å²) in [5.41, 5.74) is 0.00546. The van der Waals surface area contributed by atoms with Crippen LogP contribution in [0.5, 0.6) is 0 Å². The third-order valence-electron chi connectivity index (χ3n) is 2.00. The second-order valence-corrected chi connectivity index (χ2v) is 3.42. The van der Waals surface area contributed by atoms with Crippen LogP contribution in [0.4, 0.5) is 0 Å². The zero-order chi connectivity index (χ0) is 10.9. The number of hydrogen-bond acceptors (Lipinski definition) is 5. The molecule has 0 saturated carbocycles. The molecule has 80 valence electrons. The summed E-state index contributed by atoms with van der Waals surface area (Å²) in [6.45, 7) is 2.88. The summed E-state index contributed by atoms with van der Waals surface area (Å²) in [7, 11) is 0. The van der Waals surface area contributed by atoms with E-state index in [4.69, 9.17) is 14.9 Å². The summed E-state index contributed by atoms with van der Waals surface area (Å²) >= 11 is 0. The lowest BCUT2D eigenvalue weighted by Crippen LogP contribution is -2.32.